The summed E-state index contributed by atoms with van der Waals surface area (Å²) in [6.45, 7) is 1.73. The van der Waals surface area contributed by atoms with Crippen molar-refractivity contribution in [3.63, 3.8) is 0 Å². The van der Waals surface area contributed by atoms with Gasteiger partial charge in [-0.15, -0.1) is 0 Å². The van der Waals surface area contributed by atoms with E-state index in [-0.39, 0.29) is 23.0 Å². The number of aromatic nitrogens is 2. The Hall–Kier alpha value is -3.42. The third-order valence-electron chi connectivity index (χ3n) is 3.69. The summed E-state index contributed by atoms with van der Waals surface area (Å²) in [7, 11) is -4.10. The van der Waals surface area contributed by atoms with Crippen LogP contribution in [0.15, 0.2) is 47.8 Å². The molecule has 2 aromatic rings. The number of alkyl halides is 3. The van der Waals surface area contributed by atoms with Crippen molar-refractivity contribution in [1.29, 1.82) is 0 Å². The first-order valence-electron chi connectivity index (χ1n) is 8.61. The number of sulfonamides is 1. The van der Waals surface area contributed by atoms with Crippen molar-refractivity contribution in [2.24, 2.45) is 0 Å². The van der Waals surface area contributed by atoms with Crippen LogP contribution < -0.4 is 15.4 Å². The minimum atomic E-state index is -5.29. The number of nitrogens with zero attached hydrogens (tertiary/aromatic N) is 2. The van der Waals surface area contributed by atoms with Crippen LogP contribution in [0.5, 0.6) is 0 Å². The molecule has 0 radical (unpaired) electrons. The van der Waals surface area contributed by atoms with E-state index in [1.165, 1.54) is 19.2 Å². The Balaban J connectivity index is 2.36. The van der Waals surface area contributed by atoms with Gasteiger partial charge in [0, 0.05) is 18.8 Å². The number of esters is 1. The first-order valence-corrected chi connectivity index (χ1v) is 10.1. The van der Waals surface area contributed by atoms with Gasteiger partial charge in [-0.3, -0.25) is 9.52 Å². The minimum absolute atomic E-state index is 0.0127. The van der Waals surface area contributed by atoms with Crippen molar-refractivity contribution in [3.05, 3.63) is 42.9 Å². The van der Waals surface area contributed by atoms with E-state index in [4.69, 9.17) is 0 Å². The number of hydrogen-bond acceptors (Lipinski definition) is 8. The highest BCUT2D eigenvalue weighted by Crippen LogP contribution is 2.33. The third kappa shape index (κ3) is 5.59. The maximum absolute atomic E-state index is 13.8. The Morgan fingerprint density at radius 1 is 1.13 bits per heavy atom. The summed E-state index contributed by atoms with van der Waals surface area (Å²) in [5.74, 6) is -2.94. The van der Waals surface area contributed by atoms with Crippen LogP contribution in [0.25, 0.3) is 0 Å². The van der Waals surface area contributed by atoms with Gasteiger partial charge in [-0.2, -0.15) is 13.2 Å². The van der Waals surface area contributed by atoms with Crippen LogP contribution in [0.3, 0.4) is 0 Å². The lowest BCUT2D eigenvalue weighted by atomic mass is 10.1. The first kappa shape index (κ1) is 23.9. The Morgan fingerprint density at radius 3 is 2.26 bits per heavy atom. The third-order valence-corrected chi connectivity index (χ3v) is 5.06. The fourth-order valence-corrected chi connectivity index (χ4v) is 3.38. The number of rotatable bonds is 8. The average Bonchev–Trinajstić information content (AvgIpc) is 2.67. The van der Waals surface area contributed by atoms with Crippen LogP contribution in [0.4, 0.5) is 24.7 Å². The summed E-state index contributed by atoms with van der Waals surface area (Å²) in [6, 6.07) is 5.31. The fourth-order valence-electron chi connectivity index (χ4n) is 2.38. The Kier molecular flexibility index (Phi) is 7.05. The first-order chi connectivity index (χ1) is 14.4. The largest absolute Gasteiger partial charge is 0.463 e. The smallest absolute Gasteiger partial charge is 0.441 e. The van der Waals surface area contributed by atoms with E-state index in [9.17, 15) is 31.2 Å². The number of anilines is 2. The van der Waals surface area contributed by atoms with Gasteiger partial charge in [-0.25, -0.2) is 23.2 Å². The summed E-state index contributed by atoms with van der Waals surface area (Å²) in [4.78, 5) is 30.6. The molecule has 3 N–H and O–H groups in total. The van der Waals surface area contributed by atoms with E-state index < -0.39 is 33.7 Å². The number of carbonyl (C=O) groups excluding carboxylic acids is 2. The molecule has 0 bridgehead atoms. The van der Waals surface area contributed by atoms with Crippen LogP contribution in [0, 0.1) is 0 Å². The van der Waals surface area contributed by atoms with E-state index in [1.807, 2.05) is 5.32 Å². The molecule has 31 heavy (non-hydrogen) atoms. The van der Waals surface area contributed by atoms with Crippen LogP contribution in [0.2, 0.25) is 0 Å². The van der Waals surface area contributed by atoms with Crippen molar-refractivity contribution in [3.8, 4) is 0 Å². The molecule has 0 unspecified atom stereocenters. The maximum atomic E-state index is 13.8. The van der Waals surface area contributed by atoms with Gasteiger partial charge in [0.1, 0.15) is 12.1 Å². The second-order valence-corrected chi connectivity index (χ2v) is 7.68. The number of nitrogens with one attached hydrogen (secondary N) is 3. The van der Waals surface area contributed by atoms with Gasteiger partial charge in [0.05, 0.1) is 11.5 Å². The summed E-state index contributed by atoms with van der Waals surface area (Å²) < 4.78 is 72.9. The monoisotopic (exact) mass is 461 g/mol. The van der Waals surface area contributed by atoms with E-state index >= 15 is 0 Å². The molecule has 0 spiro atoms. The quantitative estimate of drug-likeness (QED) is 0.398. The predicted molar refractivity (Wildman–Crippen MR) is 102 cm³/mol. The normalized spacial score (nSPS) is 13.6. The van der Waals surface area contributed by atoms with Gasteiger partial charge < -0.3 is 15.4 Å². The van der Waals surface area contributed by atoms with E-state index in [0.29, 0.717) is 0 Å². The Morgan fingerprint density at radius 2 is 1.77 bits per heavy atom. The molecule has 1 atom stereocenters. The van der Waals surface area contributed by atoms with E-state index in [0.717, 1.165) is 37.5 Å². The molecule has 0 aliphatic heterocycles. The van der Waals surface area contributed by atoms with Crippen molar-refractivity contribution in [1.82, 2.24) is 15.3 Å². The van der Waals surface area contributed by atoms with Gasteiger partial charge >= 0.3 is 17.8 Å². The maximum Gasteiger partial charge on any atom is 0.441 e. The summed E-state index contributed by atoms with van der Waals surface area (Å²) >= 11 is 0. The van der Waals surface area contributed by atoms with Gasteiger partial charge in [-0.05, 0) is 37.3 Å². The second kappa shape index (κ2) is 9.16. The van der Waals surface area contributed by atoms with Gasteiger partial charge in [0.2, 0.25) is 5.91 Å². The topological polar surface area (TPSA) is 139 Å². The number of amides is 1. The van der Waals surface area contributed by atoms with Gasteiger partial charge in [0.25, 0.3) is 10.0 Å². The highest BCUT2D eigenvalue weighted by molar-refractivity contribution is 7.92. The summed E-state index contributed by atoms with van der Waals surface area (Å²) in [5, 5.41) is 3.46. The van der Waals surface area contributed by atoms with Crippen LogP contribution in [-0.4, -0.2) is 48.7 Å². The zero-order valence-electron chi connectivity index (χ0n) is 16.2. The molecule has 0 saturated carbocycles. The predicted octanol–water partition coefficient (Wildman–Crippen LogP) is 1.65. The van der Waals surface area contributed by atoms with Crippen molar-refractivity contribution in [2.75, 3.05) is 16.6 Å². The van der Waals surface area contributed by atoms with Crippen LogP contribution in [0.1, 0.15) is 13.8 Å². The fraction of sp³-hybridized carbons (Fsp3) is 0.294. The SMILES string of the molecule is CCOC(=O)[C@](NC(C)=O)(Nc1ccc(S(=O)(=O)Nc2ccncn2)cc1)C(F)(F)F. The number of halogens is 3. The standard InChI is InChI=1S/C17H18F3N5O5S/c1-3-30-15(27)16(17(18,19)20,23-11(2)26)24-12-4-6-13(7-5-12)31(28,29)25-14-8-9-21-10-22-14/h4-10,24H,3H2,1-2H3,(H,23,26)(H,21,22,25)/t16-/m0/s1. The number of ether oxygens (including phenoxy) is 1. The summed E-state index contributed by atoms with van der Waals surface area (Å²) in [5.41, 5.74) is -3.88. The Bertz CT molecular complexity index is 1030. The van der Waals surface area contributed by atoms with E-state index in [1.54, 1.807) is 5.32 Å². The Labute approximate surface area is 175 Å². The molecule has 168 valence electrons. The molecule has 0 saturated heterocycles. The van der Waals surface area contributed by atoms with E-state index in [2.05, 4.69) is 19.4 Å². The number of hydrogen-bond donors (Lipinski definition) is 3. The lowest BCUT2D eigenvalue weighted by Gasteiger charge is -2.35. The molecule has 2 rings (SSSR count). The molecule has 0 aliphatic carbocycles. The molecule has 0 aliphatic rings. The van der Waals surface area contributed by atoms with Crippen molar-refractivity contribution in [2.45, 2.75) is 30.6 Å². The number of carbonyl (C=O) groups is 2. The van der Waals surface area contributed by atoms with Crippen molar-refractivity contribution >= 4 is 33.4 Å². The minimum Gasteiger partial charge on any atom is -0.463 e. The highest BCUT2D eigenvalue weighted by Gasteiger charge is 2.63. The molecule has 1 heterocycles. The molecule has 1 aromatic heterocycles. The van der Waals surface area contributed by atoms with Crippen LogP contribution in [-0.2, 0) is 24.3 Å². The van der Waals surface area contributed by atoms with Gasteiger partial charge in [0.15, 0.2) is 0 Å². The molecule has 0 fully saturated rings. The molecule has 1 amide bonds. The zero-order valence-corrected chi connectivity index (χ0v) is 17.0. The molecule has 1 aromatic carbocycles. The lowest BCUT2D eigenvalue weighted by molar-refractivity contribution is -0.207. The van der Waals surface area contributed by atoms with Gasteiger partial charge in [-0.1, -0.05) is 0 Å². The highest BCUT2D eigenvalue weighted by atomic mass is 32.2. The van der Waals surface area contributed by atoms with Crippen molar-refractivity contribution < 1.29 is 35.9 Å². The second-order valence-electron chi connectivity index (χ2n) is 6.00. The molecular formula is C17H18F3N5O5S. The molecular weight excluding hydrogens is 443 g/mol. The average molecular weight is 461 g/mol. The molecule has 14 heteroatoms. The lowest BCUT2D eigenvalue weighted by Crippen LogP contribution is -2.69. The molecule has 10 nitrogen and oxygen atoms in total. The summed E-state index contributed by atoms with van der Waals surface area (Å²) in [6.07, 6.45) is -2.85. The zero-order chi connectivity index (χ0) is 23.3. The number of benzene rings is 1. The van der Waals surface area contributed by atoms with Crippen LogP contribution >= 0.6 is 0 Å².